The lowest BCUT2D eigenvalue weighted by Gasteiger charge is -2.18. The van der Waals surface area contributed by atoms with Crippen molar-refractivity contribution in [1.82, 2.24) is 0 Å². The van der Waals surface area contributed by atoms with Crippen molar-refractivity contribution in [3.63, 3.8) is 0 Å². The molecule has 0 unspecified atom stereocenters. The van der Waals surface area contributed by atoms with Crippen LogP contribution in [0.4, 0.5) is 0 Å². The van der Waals surface area contributed by atoms with Crippen molar-refractivity contribution in [2.24, 2.45) is 0 Å². The van der Waals surface area contributed by atoms with Gasteiger partial charge in [-0.3, -0.25) is 14.1 Å². The highest BCUT2D eigenvalue weighted by atomic mass is 31.2. The van der Waals surface area contributed by atoms with Crippen LogP contribution >= 0.6 is 7.82 Å². The number of carbonyl (C=O) groups is 2. The summed E-state index contributed by atoms with van der Waals surface area (Å²) in [5.74, 6) is -0.910. The van der Waals surface area contributed by atoms with Gasteiger partial charge in [0.05, 0.1) is 6.61 Å². The average molecular weight is 687 g/mol. The Bertz CT molecular complexity index is 823. The Hall–Kier alpha value is -1.47. The van der Waals surface area contributed by atoms with Gasteiger partial charge in [-0.2, -0.15) is 0 Å². The van der Waals surface area contributed by atoms with Crippen LogP contribution in [0.3, 0.4) is 0 Å². The van der Waals surface area contributed by atoms with Crippen molar-refractivity contribution in [2.75, 3.05) is 13.2 Å². The molecule has 9 heteroatoms. The molecule has 47 heavy (non-hydrogen) atoms. The molecule has 0 aliphatic heterocycles. The molecule has 0 amide bonds. The molecule has 0 bridgehead atoms. The van der Waals surface area contributed by atoms with Crippen LogP contribution < -0.4 is 0 Å². The van der Waals surface area contributed by atoms with E-state index >= 15 is 0 Å². The van der Waals surface area contributed by atoms with Gasteiger partial charge >= 0.3 is 19.8 Å². The molecule has 0 aliphatic carbocycles. The van der Waals surface area contributed by atoms with Crippen LogP contribution in [-0.2, 0) is 28.2 Å². The molecule has 276 valence electrons. The normalized spacial score (nSPS) is 12.7. The Morgan fingerprint density at radius 2 is 0.894 bits per heavy atom. The number of rotatable bonds is 35. The van der Waals surface area contributed by atoms with E-state index in [-0.39, 0.29) is 19.4 Å². The number of hydrogen-bond donors (Lipinski definition) is 2. The summed E-state index contributed by atoms with van der Waals surface area (Å²) in [4.78, 5) is 42.7. The fourth-order valence-electron chi connectivity index (χ4n) is 5.30. The lowest BCUT2D eigenvalue weighted by Crippen LogP contribution is -2.29. The number of phosphoric ester groups is 1. The van der Waals surface area contributed by atoms with Gasteiger partial charge in [0.15, 0.2) is 6.10 Å². The van der Waals surface area contributed by atoms with Gasteiger partial charge < -0.3 is 19.3 Å². The van der Waals surface area contributed by atoms with Crippen molar-refractivity contribution < 1.29 is 37.9 Å². The van der Waals surface area contributed by atoms with Gasteiger partial charge in [0, 0.05) is 12.8 Å². The number of phosphoric acid groups is 1. The molecule has 0 radical (unpaired) electrons. The summed E-state index contributed by atoms with van der Waals surface area (Å²) in [6.45, 7) is 3.65. The second-order valence-electron chi connectivity index (χ2n) is 12.9. The highest BCUT2D eigenvalue weighted by molar-refractivity contribution is 7.46. The first-order valence-electron chi connectivity index (χ1n) is 19.1. The SMILES string of the molecule is CCCCCCC/C=C/CCCCCCCC(=O)O[C@H](COC(=O)CCCCC/C=C/CCCCCCCCCC)COP(=O)(O)O. The van der Waals surface area contributed by atoms with Crippen molar-refractivity contribution in [2.45, 2.75) is 193 Å². The number of unbranched alkanes of at least 4 members (excludes halogenated alkanes) is 21. The van der Waals surface area contributed by atoms with Crippen LogP contribution in [0.25, 0.3) is 0 Å². The molecule has 1 atom stereocenters. The van der Waals surface area contributed by atoms with Crippen molar-refractivity contribution in [3.8, 4) is 0 Å². The van der Waals surface area contributed by atoms with Crippen LogP contribution in [0, 0.1) is 0 Å². The molecule has 2 N–H and O–H groups in total. The third kappa shape index (κ3) is 37.2. The summed E-state index contributed by atoms with van der Waals surface area (Å²) in [6, 6.07) is 0. The zero-order chi connectivity index (χ0) is 34.7. The highest BCUT2D eigenvalue weighted by Gasteiger charge is 2.22. The number of ether oxygens (including phenoxy) is 2. The second kappa shape index (κ2) is 34.4. The van der Waals surface area contributed by atoms with Crippen LogP contribution in [0.15, 0.2) is 24.3 Å². The van der Waals surface area contributed by atoms with Crippen LogP contribution in [0.2, 0.25) is 0 Å². The summed E-state index contributed by atoms with van der Waals surface area (Å²) in [7, 11) is -4.75. The van der Waals surface area contributed by atoms with Crippen molar-refractivity contribution in [1.29, 1.82) is 0 Å². The van der Waals surface area contributed by atoms with E-state index in [1.807, 2.05) is 0 Å². The van der Waals surface area contributed by atoms with Crippen molar-refractivity contribution >= 4 is 19.8 Å². The van der Waals surface area contributed by atoms with Gasteiger partial charge in [-0.15, -0.1) is 0 Å². The number of hydrogen-bond acceptors (Lipinski definition) is 6. The molecule has 0 aromatic heterocycles. The fourth-order valence-corrected chi connectivity index (χ4v) is 5.66. The maximum Gasteiger partial charge on any atom is 0.469 e. The number of esters is 2. The summed E-state index contributed by atoms with van der Waals surface area (Å²) < 4.78 is 26.3. The van der Waals surface area contributed by atoms with Gasteiger partial charge in [-0.1, -0.05) is 134 Å². The predicted molar refractivity (Wildman–Crippen MR) is 193 cm³/mol. The zero-order valence-electron chi connectivity index (χ0n) is 30.2. The summed E-state index contributed by atoms with van der Waals surface area (Å²) in [6.07, 6.45) is 37.5. The van der Waals surface area contributed by atoms with Crippen LogP contribution in [0.5, 0.6) is 0 Å². The predicted octanol–water partition coefficient (Wildman–Crippen LogP) is 11.2. The molecular weight excluding hydrogens is 615 g/mol. The first kappa shape index (κ1) is 45.5. The van der Waals surface area contributed by atoms with E-state index in [0.717, 1.165) is 57.8 Å². The topological polar surface area (TPSA) is 119 Å². The lowest BCUT2D eigenvalue weighted by atomic mass is 10.1. The lowest BCUT2D eigenvalue weighted by molar-refractivity contribution is -0.161. The van der Waals surface area contributed by atoms with Crippen molar-refractivity contribution in [3.05, 3.63) is 24.3 Å². The highest BCUT2D eigenvalue weighted by Crippen LogP contribution is 2.36. The first-order chi connectivity index (χ1) is 22.8. The van der Waals surface area contributed by atoms with E-state index in [9.17, 15) is 14.2 Å². The monoisotopic (exact) mass is 686 g/mol. The van der Waals surface area contributed by atoms with E-state index in [2.05, 4.69) is 42.7 Å². The van der Waals surface area contributed by atoms with E-state index < -0.39 is 32.5 Å². The minimum atomic E-state index is -4.75. The average Bonchev–Trinajstić information content (AvgIpc) is 3.03. The Balaban J connectivity index is 3.99. The summed E-state index contributed by atoms with van der Waals surface area (Å²) in [5.41, 5.74) is 0. The van der Waals surface area contributed by atoms with Gasteiger partial charge in [0.2, 0.25) is 0 Å². The molecule has 0 saturated carbocycles. The zero-order valence-corrected chi connectivity index (χ0v) is 31.1. The third-order valence-electron chi connectivity index (χ3n) is 8.19. The first-order valence-corrected chi connectivity index (χ1v) is 20.7. The molecule has 8 nitrogen and oxygen atoms in total. The largest absolute Gasteiger partial charge is 0.469 e. The van der Waals surface area contributed by atoms with Crippen LogP contribution in [-0.4, -0.2) is 41.0 Å². The van der Waals surface area contributed by atoms with Gasteiger partial charge in [-0.05, 0) is 64.2 Å². The molecule has 0 fully saturated rings. The number of allylic oxidation sites excluding steroid dienone is 4. The quantitative estimate of drug-likeness (QED) is 0.0292. The van der Waals surface area contributed by atoms with Crippen LogP contribution in [0.1, 0.15) is 187 Å². The summed E-state index contributed by atoms with van der Waals surface area (Å²) in [5, 5.41) is 0. The Morgan fingerprint density at radius 1 is 0.532 bits per heavy atom. The third-order valence-corrected chi connectivity index (χ3v) is 8.68. The minimum absolute atomic E-state index is 0.200. The van der Waals surface area contributed by atoms with E-state index in [1.165, 1.54) is 89.9 Å². The van der Waals surface area contributed by atoms with E-state index in [1.54, 1.807) is 0 Å². The molecular formula is C38H71O8P. The van der Waals surface area contributed by atoms with E-state index in [4.69, 9.17) is 19.3 Å². The number of carbonyl (C=O) groups excluding carboxylic acids is 2. The Morgan fingerprint density at radius 3 is 1.32 bits per heavy atom. The molecule has 0 aromatic carbocycles. The van der Waals surface area contributed by atoms with Gasteiger partial charge in [-0.25, -0.2) is 4.57 Å². The maximum absolute atomic E-state index is 12.3. The molecule has 0 spiro atoms. The molecule has 0 rings (SSSR count). The molecule has 0 saturated heterocycles. The van der Waals surface area contributed by atoms with E-state index in [0.29, 0.717) is 12.8 Å². The molecule has 0 aliphatic rings. The minimum Gasteiger partial charge on any atom is -0.462 e. The molecule has 0 aromatic rings. The van der Waals surface area contributed by atoms with Gasteiger partial charge in [0.1, 0.15) is 6.61 Å². The standard InChI is InChI=1S/C38H71O8P/c1-3-5-7-9-11-13-15-17-19-21-22-24-26-28-30-32-37(39)44-34-36(35-45-47(41,42)43)46-38(40)33-31-29-27-25-23-20-18-16-14-12-10-8-6-4-2/h16,18,21-22,36H,3-15,17,19-20,23-35H2,1-2H3,(H2,41,42,43)/b18-16+,22-21+/t36-/m1/s1. The second-order valence-corrected chi connectivity index (χ2v) is 14.1. The maximum atomic E-state index is 12.3. The Labute approximate surface area is 288 Å². The van der Waals surface area contributed by atoms with Gasteiger partial charge in [0.25, 0.3) is 0 Å². The fraction of sp³-hybridized carbons (Fsp3) is 0.842. The Kier molecular flexibility index (Phi) is 33.3. The molecule has 0 heterocycles. The summed E-state index contributed by atoms with van der Waals surface area (Å²) >= 11 is 0. The smallest absolute Gasteiger partial charge is 0.462 e.